The number of nitrogens with one attached hydrogen (secondary N) is 1. The summed E-state index contributed by atoms with van der Waals surface area (Å²) in [7, 11) is 0. The molecule has 19 heavy (non-hydrogen) atoms. The molecule has 0 saturated heterocycles. The van der Waals surface area contributed by atoms with Crippen molar-refractivity contribution in [2.24, 2.45) is 0 Å². The molecule has 1 unspecified atom stereocenters. The molecule has 9 heteroatoms. The molecule has 1 rings (SSSR count). The van der Waals surface area contributed by atoms with E-state index in [1.165, 1.54) is 6.92 Å². The van der Waals surface area contributed by atoms with Gasteiger partial charge in [-0.1, -0.05) is 11.6 Å². The maximum Gasteiger partial charge on any atom is 0.416 e. The number of benzene rings is 1. The zero-order valence-corrected chi connectivity index (χ0v) is 10.4. The summed E-state index contributed by atoms with van der Waals surface area (Å²) in [6.07, 6.45) is -7.26. The standard InChI is InChI=1S/C10H10ClF3N2O3/c1-5-2-8(16(18)19)6(11)3-7(5)15-4-9(17)10(12,13)14/h2-3,9,15,17H,4H2,1H3. The third-order valence-corrected chi connectivity index (χ3v) is 2.66. The second kappa shape index (κ2) is 5.62. The normalized spacial score (nSPS) is 13.2. The monoisotopic (exact) mass is 298 g/mol. The maximum absolute atomic E-state index is 12.1. The van der Waals surface area contributed by atoms with E-state index in [0.717, 1.165) is 12.1 Å². The van der Waals surface area contributed by atoms with E-state index in [-0.39, 0.29) is 16.4 Å². The smallest absolute Gasteiger partial charge is 0.382 e. The van der Waals surface area contributed by atoms with Crippen LogP contribution in [0.1, 0.15) is 5.56 Å². The molecular weight excluding hydrogens is 289 g/mol. The average molecular weight is 299 g/mol. The first-order valence-corrected chi connectivity index (χ1v) is 5.44. The van der Waals surface area contributed by atoms with Crippen LogP contribution >= 0.6 is 11.6 Å². The summed E-state index contributed by atoms with van der Waals surface area (Å²) in [5.41, 5.74) is 0.213. The SMILES string of the molecule is Cc1cc([N+](=O)[O-])c(Cl)cc1NCC(O)C(F)(F)F. The molecule has 1 atom stereocenters. The van der Waals surface area contributed by atoms with Gasteiger partial charge in [-0.2, -0.15) is 13.2 Å². The van der Waals surface area contributed by atoms with Crippen LogP contribution in [0.25, 0.3) is 0 Å². The Morgan fingerprint density at radius 2 is 2.11 bits per heavy atom. The van der Waals surface area contributed by atoms with Gasteiger partial charge in [0.15, 0.2) is 6.10 Å². The number of nitrogens with zero attached hydrogens (tertiary/aromatic N) is 1. The van der Waals surface area contributed by atoms with E-state index in [4.69, 9.17) is 16.7 Å². The van der Waals surface area contributed by atoms with Crippen molar-refractivity contribution in [1.82, 2.24) is 0 Å². The fourth-order valence-electron chi connectivity index (χ4n) is 1.32. The Labute approximate surface area is 111 Å². The van der Waals surface area contributed by atoms with Gasteiger partial charge in [-0.25, -0.2) is 0 Å². The summed E-state index contributed by atoms with van der Waals surface area (Å²) in [5.74, 6) is 0. The molecule has 0 aliphatic rings. The number of aryl methyl sites for hydroxylation is 1. The number of nitro groups is 1. The first kappa shape index (κ1) is 15.5. The van der Waals surface area contributed by atoms with E-state index < -0.39 is 23.7 Å². The lowest BCUT2D eigenvalue weighted by atomic mass is 10.1. The minimum absolute atomic E-state index is 0.193. The predicted octanol–water partition coefficient (Wildman–Crippen LogP) is 2.89. The highest BCUT2D eigenvalue weighted by Crippen LogP contribution is 2.31. The molecule has 1 aromatic carbocycles. The zero-order valence-electron chi connectivity index (χ0n) is 9.66. The van der Waals surface area contributed by atoms with Gasteiger partial charge in [0.25, 0.3) is 5.69 Å². The number of rotatable bonds is 4. The van der Waals surface area contributed by atoms with Crippen LogP contribution in [0, 0.1) is 17.0 Å². The first-order valence-electron chi connectivity index (χ1n) is 5.06. The van der Waals surface area contributed by atoms with Gasteiger partial charge in [0.1, 0.15) is 5.02 Å². The van der Waals surface area contributed by atoms with Gasteiger partial charge in [-0.3, -0.25) is 10.1 Å². The summed E-state index contributed by atoms with van der Waals surface area (Å²) in [6.45, 7) is 0.712. The molecular formula is C10H10ClF3N2O3. The van der Waals surface area contributed by atoms with Crippen molar-refractivity contribution in [3.63, 3.8) is 0 Å². The highest BCUT2D eigenvalue weighted by atomic mass is 35.5. The highest BCUT2D eigenvalue weighted by Gasteiger charge is 2.37. The molecule has 0 spiro atoms. The maximum atomic E-state index is 12.1. The average Bonchev–Trinajstić information content (AvgIpc) is 2.27. The lowest BCUT2D eigenvalue weighted by molar-refractivity contribution is -0.384. The fourth-order valence-corrected chi connectivity index (χ4v) is 1.55. The van der Waals surface area contributed by atoms with Crippen LogP contribution in [0.15, 0.2) is 12.1 Å². The summed E-state index contributed by atoms with van der Waals surface area (Å²) in [6, 6.07) is 2.29. The molecule has 1 aromatic rings. The molecule has 0 saturated carbocycles. The second-order valence-electron chi connectivity index (χ2n) is 3.81. The zero-order chi connectivity index (χ0) is 14.8. The Kier molecular flexibility index (Phi) is 4.59. The van der Waals surface area contributed by atoms with Crippen molar-refractivity contribution in [3.05, 3.63) is 32.8 Å². The number of aliphatic hydroxyl groups excluding tert-OH is 1. The van der Waals surface area contributed by atoms with Gasteiger partial charge in [0, 0.05) is 18.3 Å². The van der Waals surface area contributed by atoms with Crippen molar-refractivity contribution in [1.29, 1.82) is 0 Å². The minimum Gasteiger partial charge on any atom is -0.382 e. The molecule has 0 aromatic heterocycles. The Morgan fingerprint density at radius 1 is 1.53 bits per heavy atom. The van der Waals surface area contributed by atoms with Crippen LogP contribution in [0.3, 0.4) is 0 Å². The lowest BCUT2D eigenvalue weighted by Gasteiger charge is -2.17. The molecule has 106 valence electrons. The number of aliphatic hydroxyl groups is 1. The van der Waals surface area contributed by atoms with Crippen LogP contribution in [-0.2, 0) is 0 Å². The number of hydrogen-bond acceptors (Lipinski definition) is 4. The minimum atomic E-state index is -4.73. The van der Waals surface area contributed by atoms with E-state index in [1.54, 1.807) is 0 Å². The highest BCUT2D eigenvalue weighted by molar-refractivity contribution is 6.33. The Bertz CT molecular complexity index is 494. The van der Waals surface area contributed by atoms with Gasteiger partial charge in [0.05, 0.1) is 4.92 Å². The fraction of sp³-hybridized carbons (Fsp3) is 0.400. The van der Waals surface area contributed by atoms with Gasteiger partial charge in [-0.05, 0) is 18.6 Å². The van der Waals surface area contributed by atoms with Crippen molar-refractivity contribution >= 4 is 23.0 Å². The molecule has 0 aliphatic heterocycles. The molecule has 0 bridgehead atoms. The largest absolute Gasteiger partial charge is 0.416 e. The van der Waals surface area contributed by atoms with Crippen LogP contribution in [0.4, 0.5) is 24.5 Å². The molecule has 5 nitrogen and oxygen atoms in total. The molecule has 0 aliphatic carbocycles. The van der Waals surface area contributed by atoms with Crippen LogP contribution in [0.2, 0.25) is 5.02 Å². The predicted molar refractivity (Wildman–Crippen MR) is 63.4 cm³/mol. The van der Waals surface area contributed by atoms with Crippen LogP contribution in [-0.4, -0.2) is 28.9 Å². The molecule has 0 radical (unpaired) electrons. The third-order valence-electron chi connectivity index (χ3n) is 2.35. The van der Waals surface area contributed by atoms with E-state index in [2.05, 4.69) is 5.32 Å². The van der Waals surface area contributed by atoms with Gasteiger partial charge in [0.2, 0.25) is 0 Å². The van der Waals surface area contributed by atoms with Crippen molar-refractivity contribution < 1.29 is 23.2 Å². The second-order valence-corrected chi connectivity index (χ2v) is 4.22. The van der Waals surface area contributed by atoms with Crippen molar-refractivity contribution in [2.75, 3.05) is 11.9 Å². The van der Waals surface area contributed by atoms with Crippen LogP contribution in [0.5, 0.6) is 0 Å². The number of anilines is 1. The topological polar surface area (TPSA) is 75.4 Å². The summed E-state index contributed by atoms with van der Waals surface area (Å²) in [4.78, 5) is 9.90. The summed E-state index contributed by atoms with van der Waals surface area (Å²) in [5, 5.41) is 21.6. The molecule has 0 amide bonds. The van der Waals surface area contributed by atoms with Gasteiger partial charge < -0.3 is 10.4 Å². The third kappa shape index (κ3) is 3.97. The number of nitro benzene ring substituents is 1. The number of alkyl halides is 3. The van der Waals surface area contributed by atoms with E-state index >= 15 is 0 Å². The summed E-state index contributed by atoms with van der Waals surface area (Å²) < 4.78 is 36.3. The van der Waals surface area contributed by atoms with Crippen molar-refractivity contribution in [3.8, 4) is 0 Å². The summed E-state index contributed by atoms with van der Waals surface area (Å²) >= 11 is 5.64. The van der Waals surface area contributed by atoms with E-state index in [0.29, 0.717) is 5.56 Å². The van der Waals surface area contributed by atoms with Crippen LogP contribution < -0.4 is 5.32 Å². The Hall–Kier alpha value is -1.54. The molecule has 0 heterocycles. The van der Waals surface area contributed by atoms with Crippen molar-refractivity contribution in [2.45, 2.75) is 19.2 Å². The molecule has 0 fully saturated rings. The van der Waals surface area contributed by atoms with Gasteiger partial charge in [-0.15, -0.1) is 0 Å². The number of halogens is 4. The Morgan fingerprint density at radius 3 is 2.58 bits per heavy atom. The number of hydrogen-bond donors (Lipinski definition) is 2. The molecule has 2 N–H and O–H groups in total. The Balaban J connectivity index is 2.86. The first-order chi connectivity index (χ1) is 8.62. The quantitative estimate of drug-likeness (QED) is 0.662. The van der Waals surface area contributed by atoms with E-state index in [9.17, 15) is 23.3 Å². The lowest BCUT2D eigenvalue weighted by Crippen LogP contribution is -2.35. The van der Waals surface area contributed by atoms with Gasteiger partial charge >= 0.3 is 6.18 Å². The van der Waals surface area contributed by atoms with E-state index in [1.807, 2.05) is 0 Å².